The van der Waals surface area contributed by atoms with Gasteiger partial charge < -0.3 is 71.8 Å². The Bertz CT molecular complexity index is 2300. The first-order valence-electron chi connectivity index (χ1n) is 26.5. The van der Waals surface area contributed by atoms with E-state index in [0.29, 0.717) is 25.5 Å². The molecule has 6 amide bonds. The van der Waals surface area contributed by atoms with Crippen LogP contribution in [0.25, 0.3) is 0 Å². The van der Waals surface area contributed by atoms with Crippen molar-refractivity contribution in [2.75, 3.05) is 74.1 Å². The Morgan fingerprint density at radius 2 is 1.30 bits per heavy atom. The molecule has 20 heteroatoms. The number of para-hydroxylation sites is 2. The SMILES string of the molecule is CC(C)C.CNC(C)C=O.CNC1CCOc2ccccc21.CNCC(=O)N1CCCC1.CNCC(=O)NC(C(=O)N1CC(NC(=O)c2cccc(C(N)=O)c2)CC1C=O)C(C)(C)C.O=CNC1CCOc2ccccc21. The maximum Gasteiger partial charge on any atom is 0.251 e. The summed E-state index contributed by atoms with van der Waals surface area (Å²) < 4.78 is 11.0. The van der Waals surface area contributed by atoms with Crippen LogP contribution in [0.4, 0.5) is 0 Å². The third-order valence-electron chi connectivity index (χ3n) is 12.3. The Balaban J connectivity index is 0.000000367. The third kappa shape index (κ3) is 23.6. The predicted molar refractivity (Wildman–Crippen MR) is 299 cm³/mol. The largest absolute Gasteiger partial charge is 0.493 e. The first-order valence-corrected chi connectivity index (χ1v) is 26.5. The van der Waals surface area contributed by atoms with Crippen molar-refractivity contribution < 1.29 is 47.8 Å². The number of fused-ring (bicyclic) bond motifs is 2. The van der Waals surface area contributed by atoms with Gasteiger partial charge in [0, 0.05) is 66.8 Å². The second-order valence-electron chi connectivity index (χ2n) is 20.5. The Labute approximate surface area is 456 Å². The average Bonchev–Trinajstić information content (AvgIpc) is 4.12. The van der Waals surface area contributed by atoms with Crippen LogP contribution in [0.5, 0.6) is 11.5 Å². The molecule has 4 heterocycles. The van der Waals surface area contributed by atoms with Crippen molar-refractivity contribution in [3.63, 3.8) is 0 Å². The highest BCUT2D eigenvalue weighted by molar-refractivity contribution is 5.99. The van der Waals surface area contributed by atoms with Crippen molar-refractivity contribution in [1.29, 1.82) is 0 Å². The molecule has 0 bridgehead atoms. The number of primary amides is 1. The summed E-state index contributed by atoms with van der Waals surface area (Å²) in [6.07, 6.45) is 6.78. The molecule has 9 N–H and O–H groups in total. The number of hydrogen-bond donors (Lipinski definition) is 8. The van der Waals surface area contributed by atoms with Gasteiger partial charge >= 0.3 is 0 Å². The molecular weight excluding hydrogens is 985 g/mol. The lowest BCUT2D eigenvalue weighted by Crippen LogP contribution is -2.57. The number of hydrogen-bond acceptors (Lipinski definition) is 14. The molecule has 4 aliphatic heterocycles. The zero-order valence-electron chi connectivity index (χ0n) is 47.2. The molecule has 0 saturated carbocycles. The number of likely N-dealkylation sites (tertiary alicyclic amines) is 2. The predicted octanol–water partition coefficient (Wildman–Crippen LogP) is 3.70. The van der Waals surface area contributed by atoms with Gasteiger partial charge in [-0.05, 0) is 96.0 Å². The molecule has 2 fully saturated rings. The third-order valence-corrected chi connectivity index (χ3v) is 12.3. The number of amides is 6. The molecule has 2 saturated heterocycles. The van der Waals surface area contributed by atoms with Gasteiger partial charge in [0.05, 0.1) is 44.4 Å². The average molecular weight is 1070 g/mol. The smallest absolute Gasteiger partial charge is 0.251 e. The number of nitrogens with zero attached hydrogens (tertiary/aromatic N) is 2. The van der Waals surface area contributed by atoms with E-state index >= 15 is 0 Å². The maximum atomic E-state index is 13.3. The summed E-state index contributed by atoms with van der Waals surface area (Å²) in [5.41, 5.74) is 7.48. The number of carbonyl (C=O) groups is 8. The van der Waals surface area contributed by atoms with Gasteiger partial charge in [-0.1, -0.05) is 84.0 Å². The number of nitrogens with one attached hydrogen (secondary N) is 7. The summed E-state index contributed by atoms with van der Waals surface area (Å²) in [7, 11) is 7.17. The van der Waals surface area contributed by atoms with E-state index in [1.54, 1.807) is 40.2 Å². The van der Waals surface area contributed by atoms with Crippen LogP contribution < -0.4 is 52.4 Å². The van der Waals surface area contributed by atoms with Gasteiger partial charge in [0.25, 0.3) is 5.91 Å². The number of carbonyl (C=O) groups excluding carboxylic acids is 8. The van der Waals surface area contributed by atoms with E-state index < -0.39 is 35.4 Å². The topological polar surface area (TPSA) is 272 Å². The lowest BCUT2D eigenvalue weighted by molar-refractivity contribution is -0.141. The fraction of sp³-hybridized carbons (Fsp3) is 0.544. The molecule has 0 aliphatic carbocycles. The van der Waals surface area contributed by atoms with E-state index in [-0.39, 0.29) is 60.4 Å². The van der Waals surface area contributed by atoms with Gasteiger partial charge in [0.1, 0.15) is 30.1 Å². The van der Waals surface area contributed by atoms with E-state index in [9.17, 15) is 38.4 Å². The van der Waals surface area contributed by atoms with Gasteiger partial charge in [-0.3, -0.25) is 28.8 Å². The van der Waals surface area contributed by atoms with Crippen LogP contribution in [0.2, 0.25) is 0 Å². The molecule has 3 aromatic carbocycles. The number of rotatable bonds is 15. The first-order chi connectivity index (χ1) is 36.7. The summed E-state index contributed by atoms with van der Waals surface area (Å²) in [5, 5.41) is 19.9. The van der Waals surface area contributed by atoms with Gasteiger partial charge in [-0.15, -0.1) is 0 Å². The van der Waals surface area contributed by atoms with Gasteiger partial charge in [-0.2, -0.15) is 0 Å². The van der Waals surface area contributed by atoms with Crippen LogP contribution >= 0.6 is 0 Å². The van der Waals surface area contributed by atoms with Crippen molar-refractivity contribution in [1.82, 2.24) is 47.0 Å². The van der Waals surface area contributed by atoms with Gasteiger partial charge in [0.2, 0.25) is 30.0 Å². The summed E-state index contributed by atoms with van der Waals surface area (Å²) >= 11 is 0. The summed E-state index contributed by atoms with van der Waals surface area (Å²) in [5.74, 6) is 1.18. The Kier molecular flexibility index (Phi) is 30.7. The van der Waals surface area contributed by atoms with Crippen molar-refractivity contribution in [2.24, 2.45) is 17.1 Å². The van der Waals surface area contributed by atoms with Crippen LogP contribution in [0.3, 0.4) is 0 Å². The zero-order chi connectivity index (χ0) is 57.5. The second-order valence-corrected chi connectivity index (χ2v) is 20.5. The van der Waals surface area contributed by atoms with E-state index in [1.165, 1.54) is 35.4 Å². The van der Waals surface area contributed by atoms with E-state index in [4.69, 9.17) is 15.2 Å². The summed E-state index contributed by atoms with van der Waals surface area (Å²) in [6, 6.07) is 20.5. The molecule has 6 atom stereocenters. The molecule has 426 valence electrons. The minimum Gasteiger partial charge on any atom is -0.493 e. The highest BCUT2D eigenvalue weighted by Crippen LogP contribution is 2.32. The fourth-order valence-electron chi connectivity index (χ4n) is 8.16. The molecule has 20 nitrogen and oxygen atoms in total. The number of aldehydes is 2. The lowest BCUT2D eigenvalue weighted by atomic mass is 9.85. The minimum atomic E-state index is -0.840. The van der Waals surface area contributed by atoms with Crippen molar-refractivity contribution in [2.45, 2.75) is 117 Å². The van der Waals surface area contributed by atoms with Crippen molar-refractivity contribution in [3.05, 3.63) is 95.1 Å². The number of nitrogens with two attached hydrogens (primary N) is 1. The molecule has 0 radical (unpaired) electrons. The van der Waals surface area contributed by atoms with E-state index in [1.807, 2.05) is 69.1 Å². The molecule has 0 spiro atoms. The fourth-order valence-corrected chi connectivity index (χ4v) is 8.16. The number of benzene rings is 3. The zero-order valence-corrected chi connectivity index (χ0v) is 47.2. The minimum absolute atomic E-state index is 0.00463. The van der Waals surface area contributed by atoms with Crippen molar-refractivity contribution >= 4 is 48.5 Å². The lowest BCUT2D eigenvalue weighted by Gasteiger charge is -2.34. The van der Waals surface area contributed by atoms with Gasteiger partial charge in [-0.25, -0.2) is 0 Å². The number of ether oxygens (including phenoxy) is 2. The van der Waals surface area contributed by atoms with E-state index in [2.05, 4.69) is 70.1 Å². The van der Waals surface area contributed by atoms with Crippen LogP contribution in [-0.4, -0.2) is 157 Å². The van der Waals surface area contributed by atoms with E-state index in [0.717, 1.165) is 68.2 Å². The van der Waals surface area contributed by atoms with Crippen LogP contribution in [-0.2, 0) is 28.8 Å². The quantitative estimate of drug-likeness (QED) is 0.101. The molecule has 0 aromatic heterocycles. The molecule has 77 heavy (non-hydrogen) atoms. The highest BCUT2D eigenvalue weighted by Gasteiger charge is 2.42. The Hall–Kier alpha value is -6.74. The normalized spacial score (nSPS) is 18.5. The van der Waals surface area contributed by atoms with Crippen LogP contribution in [0, 0.1) is 11.3 Å². The Morgan fingerprint density at radius 1 is 0.753 bits per heavy atom. The summed E-state index contributed by atoms with van der Waals surface area (Å²) in [4.78, 5) is 95.5. The van der Waals surface area contributed by atoms with Gasteiger partial charge in [0.15, 0.2) is 0 Å². The second kappa shape index (κ2) is 35.6. The van der Waals surface area contributed by atoms with Crippen LogP contribution in [0.1, 0.15) is 124 Å². The number of likely N-dealkylation sites (N-methyl/N-ethyl adjacent to an activating group) is 3. The molecule has 3 aromatic rings. The molecule has 4 aliphatic rings. The Morgan fingerprint density at radius 3 is 1.78 bits per heavy atom. The molecule has 6 unspecified atom stereocenters. The first kappa shape index (κ1) is 66.4. The highest BCUT2D eigenvalue weighted by atomic mass is 16.5. The van der Waals surface area contributed by atoms with Crippen LogP contribution in [0.15, 0.2) is 72.8 Å². The standard InChI is InChI=1S/C22H31N5O5.C10H11NO2.C10H13NO.C7H14N2O.C4H9NO.C4H10/c1-22(2,3)18(26-17(29)10-24-4)21(32)27-11-15(9-16(27)12-28)25-20(31)14-7-5-6-13(8-14)19(23)30;12-7-11-9-5-6-13-10-4-2-1-3-8(9)10;1-11-9-6-7-12-10-5-3-2-4-8(9)10;1-8-6-7(10)9-4-2-3-5-9;1-4(3-6)5-2;1-4(2)3/h5-8,12,15-16,18,24H,9-11H2,1-4H3,(H2,23,30)(H,25,31)(H,26,29);1-4,7,9H,5-6H2,(H,11,12);2-5,9,11H,6-7H2,1H3;8H,2-6H2,1H3;3-5H,1-2H3;4H,1-3H3. The maximum absolute atomic E-state index is 13.3. The monoisotopic (exact) mass is 1070 g/mol. The molecule has 7 rings (SSSR count). The summed E-state index contributed by atoms with van der Waals surface area (Å²) in [6.45, 7) is 17.8. The molecular formula is C57H88N10O10. The van der Waals surface area contributed by atoms with Crippen molar-refractivity contribution in [3.8, 4) is 11.5 Å².